The highest BCUT2D eigenvalue weighted by molar-refractivity contribution is 9.10. The van der Waals surface area contributed by atoms with Gasteiger partial charge < -0.3 is 15.2 Å². The summed E-state index contributed by atoms with van der Waals surface area (Å²) in [7, 11) is 0. The molecule has 0 amide bonds. The number of benzene rings is 3. The van der Waals surface area contributed by atoms with Crippen LogP contribution < -0.4 is 5.73 Å². The predicted octanol–water partition coefficient (Wildman–Crippen LogP) is 8.22. The van der Waals surface area contributed by atoms with E-state index < -0.39 is 17.6 Å². The number of anilines is 1. The van der Waals surface area contributed by atoms with Crippen LogP contribution in [0, 0.1) is 0 Å². The summed E-state index contributed by atoms with van der Waals surface area (Å²) in [5, 5.41) is 0. The van der Waals surface area contributed by atoms with Crippen LogP contribution in [0.15, 0.2) is 71.2 Å². The van der Waals surface area contributed by atoms with Gasteiger partial charge in [0.1, 0.15) is 0 Å². The van der Waals surface area contributed by atoms with Crippen LogP contribution in [0.2, 0.25) is 0 Å². The first-order chi connectivity index (χ1) is 20.7. The predicted molar refractivity (Wildman–Crippen MR) is 172 cm³/mol. The Morgan fingerprint density at radius 2 is 1.58 bits per heavy atom. The molecule has 1 unspecified atom stereocenters. The van der Waals surface area contributed by atoms with Crippen molar-refractivity contribution in [2.24, 2.45) is 0 Å². The van der Waals surface area contributed by atoms with E-state index in [0.717, 1.165) is 23.2 Å². The van der Waals surface area contributed by atoms with E-state index >= 15 is 4.39 Å². The van der Waals surface area contributed by atoms with Crippen molar-refractivity contribution >= 4 is 33.6 Å². The standard InChI is InChI=1S/C35H42BrFN2O4/c1-3-39(30-14-8-5-9-15-30)24-28-22-27(23-31(36)32(28)38)33(40)42-20-10-11-21-43-34(41)35(2,37)29-18-16-26(17-19-29)25-12-6-4-7-13-25/h4,6-7,12-13,16-19,22-23,30H,3,5,8-11,14-15,20-21,24,38H2,1-2H3. The fraction of sp³-hybridized carbons (Fsp3) is 0.429. The molecule has 0 spiro atoms. The minimum absolute atomic E-state index is 0.0313. The highest BCUT2D eigenvalue weighted by Crippen LogP contribution is 2.31. The van der Waals surface area contributed by atoms with Gasteiger partial charge in [-0.05, 0) is 83.9 Å². The van der Waals surface area contributed by atoms with Crippen molar-refractivity contribution in [3.8, 4) is 11.1 Å². The second kappa shape index (κ2) is 15.5. The van der Waals surface area contributed by atoms with E-state index in [0.29, 0.717) is 41.2 Å². The zero-order chi connectivity index (χ0) is 30.8. The molecule has 0 aliphatic heterocycles. The van der Waals surface area contributed by atoms with Crippen LogP contribution in [-0.4, -0.2) is 42.6 Å². The molecule has 8 heteroatoms. The van der Waals surface area contributed by atoms with Crippen LogP contribution in [0.25, 0.3) is 11.1 Å². The third kappa shape index (κ3) is 8.67. The van der Waals surface area contributed by atoms with Crippen molar-refractivity contribution in [3.05, 3.63) is 87.9 Å². The molecule has 0 heterocycles. The lowest BCUT2D eigenvalue weighted by Gasteiger charge is -2.34. The lowest BCUT2D eigenvalue weighted by Crippen LogP contribution is -2.36. The lowest BCUT2D eigenvalue weighted by molar-refractivity contribution is -0.157. The average Bonchev–Trinajstić information content (AvgIpc) is 3.03. The SMILES string of the molecule is CCN(Cc1cc(C(=O)OCCCCOC(=O)C(C)(F)c2ccc(-c3ccccc3)cc2)cc(Br)c1N)C1CCCCC1. The molecule has 1 saturated carbocycles. The molecule has 2 N–H and O–H groups in total. The molecular formula is C35H42BrFN2O4. The van der Waals surface area contributed by atoms with Gasteiger partial charge in [-0.15, -0.1) is 0 Å². The maximum absolute atomic E-state index is 15.4. The Kier molecular flexibility index (Phi) is 11.8. The van der Waals surface area contributed by atoms with Crippen LogP contribution in [0.3, 0.4) is 0 Å². The second-order valence-electron chi connectivity index (χ2n) is 11.3. The molecule has 6 nitrogen and oxygen atoms in total. The number of alkyl halides is 1. The highest BCUT2D eigenvalue weighted by Gasteiger charge is 2.37. The molecule has 0 bridgehead atoms. The molecular weight excluding hydrogens is 611 g/mol. The van der Waals surface area contributed by atoms with Gasteiger partial charge in [0.2, 0.25) is 5.67 Å². The number of ether oxygens (including phenoxy) is 2. The number of nitrogen functional groups attached to an aromatic ring is 1. The van der Waals surface area contributed by atoms with Gasteiger partial charge in [-0.25, -0.2) is 14.0 Å². The summed E-state index contributed by atoms with van der Waals surface area (Å²) in [6.45, 7) is 5.16. The molecule has 0 saturated heterocycles. The first kappa shape index (κ1) is 32.7. The van der Waals surface area contributed by atoms with E-state index in [-0.39, 0.29) is 18.8 Å². The van der Waals surface area contributed by atoms with Crippen LogP contribution in [0.5, 0.6) is 0 Å². The summed E-state index contributed by atoms with van der Waals surface area (Å²) >= 11 is 3.51. The second-order valence-corrected chi connectivity index (χ2v) is 12.2. The van der Waals surface area contributed by atoms with Gasteiger partial charge in [0.15, 0.2) is 0 Å². The fourth-order valence-electron chi connectivity index (χ4n) is 5.56. The summed E-state index contributed by atoms with van der Waals surface area (Å²) in [5.74, 6) is -1.37. The number of carbonyl (C=O) groups is 2. The third-order valence-corrected chi connectivity index (χ3v) is 8.90. The molecule has 1 atom stereocenters. The molecule has 3 aromatic rings. The van der Waals surface area contributed by atoms with E-state index in [1.807, 2.05) is 36.4 Å². The first-order valence-electron chi connectivity index (χ1n) is 15.2. The molecule has 1 aliphatic rings. The number of nitrogens with two attached hydrogens (primary N) is 1. The summed E-state index contributed by atoms with van der Waals surface area (Å²) in [4.78, 5) is 27.8. The quantitative estimate of drug-likeness (QED) is 0.114. The van der Waals surface area contributed by atoms with Crippen molar-refractivity contribution in [1.82, 2.24) is 4.90 Å². The molecule has 0 radical (unpaired) electrons. The van der Waals surface area contributed by atoms with Gasteiger partial charge in [-0.2, -0.15) is 0 Å². The Hall–Kier alpha value is -3.23. The zero-order valence-electron chi connectivity index (χ0n) is 25.1. The topological polar surface area (TPSA) is 81.9 Å². The monoisotopic (exact) mass is 652 g/mol. The highest BCUT2D eigenvalue weighted by atomic mass is 79.9. The largest absolute Gasteiger partial charge is 0.463 e. The smallest absolute Gasteiger partial charge is 0.348 e. The van der Waals surface area contributed by atoms with E-state index in [9.17, 15) is 9.59 Å². The average molecular weight is 654 g/mol. The minimum atomic E-state index is -2.27. The summed E-state index contributed by atoms with van der Waals surface area (Å²) in [5.41, 5.74) is 8.27. The van der Waals surface area contributed by atoms with Gasteiger partial charge in [0.25, 0.3) is 0 Å². The number of hydrogen-bond donors (Lipinski definition) is 1. The summed E-state index contributed by atoms with van der Waals surface area (Å²) in [6, 6.07) is 20.6. The lowest BCUT2D eigenvalue weighted by atomic mass is 9.93. The molecule has 0 aromatic heterocycles. The van der Waals surface area contributed by atoms with Gasteiger partial charge in [-0.3, -0.25) is 4.90 Å². The summed E-state index contributed by atoms with van der Waals surface area (Å²) in [6.07, 6.45) is 7.10. The van der Waals surface area contributed by atoms with Crippen molar-refractivity contribution in [1.29, 1.82) is 0 Å². The van der Waals surface area contributed by atoms with Crippen molar-refractivity contribution < 1.29 is 23.5 Å². The van der Waals surface area contributed by atoms with E-state index in [1.54, 1.807) is 30.3 Å². The zero-order valence-corrected chi connectivity index (χ0v) is 26.7. The molecule has 4 rings (SSSR count). The maximum atomic E-state index is 15.4. The molecule has 1 aliphatic carbocycles. The summed E-state index contributed by atoms with van der Waals surface area (Å²) < 4.78 is 26.8. The van der Waals surface area contributed by atoms with Crippen LogP contribution in [0.1, 0.15) is 80.3 Å². The first-order valence-corrected chi connectivity index (χ1v) is 16.0. The van der Waals surface area contributed by atoms with Gasteiger partial charge in [0.05, 0.1) is 24.5 Å². The van der Waals surface area contributed by atoms with E-state index in [2.05, 4.69) is 27.8 Å². The number of carbonyl (C=O) groups excluding carboxylic acids is 2. The number of esters is 2. The number of nitrogens with zero attached hydrogens (tertiary/aromatic N) is 1. The molecule has 230 valence electrons. The number of rotatable bonds is 13. The molecule has 3 aromatic carbocycles. The van der Waals surface area contributed by atoms with Crippen molar-refractivity contribution in [3.63, 3.8) is 0 Å². The Balaban J connectivity index is 1.22. The normalized spacial score (nSPS) is 15.2. The fourth-order valence-corrected chi connectivity index (χ4v) is 6.07. The van der Waals surface area contributed by atoms with Gasteiger partial charge in [0, 0.05) is 22.6 Å². The Bertz CT molecular complexity index is 1360. The Morgan fingerprint density at radius 3 is 2.23 bits per heavy atom. The van der Waals surface area contributed by atoms with Crippen LogP contribution >= 0.6 is 15.9 Å². The van der Waals surface area contributed by atoms with E-state index in [1.165, 1.54) is 39.0 Å². The van der Waals surface area contributed by atoms with Crippen molar-refractivity contribution in [2.75, 3.05) is 25.5 Å². The van der Waals surface area contributed by atoms with Crippen LogP contribution in [-0.2, 0) is 26.5 Å². The number of hydrogen-bond acceptors (Lipinski definition) is 6. The third-order valence-electron chi connectivity index (χ3n) is 8.24. The maximum Gasteiger partial charge on any atom is 0.348 e. The number of halogens is 2. The number of unbranched alkanes of at least 4 members (excludes halogenated alkanes) is 1. The van der Waals surface area contributed by atoms with Gasteiger partial charge >= 0.3 is 11.9 Å². The van der Waals surface area contributed by atoms with Crippen LogP contribution in [0.4, 0.5) is 10.1 Å². The minimum Gasteiger partial charge on any atom is -0.463 e. The van der Waals surface area contributed by atoms with E-state index in [4.69, 9.17) is 15.2 Å². The Morgan fingerprint density at radius 1 is 0.953 bits per heavy atom. The van der Waals surface area contributed by atoms with Crippen molar-refractivity contribution in [2.45, 2.75) is 77.0 Å². The Labute approximate surface area is 262 Å². The molecule has 1 fully saturated rings. The molecule has 43 heavy (non-hydrogen) atoms. The van der Waals surface area contributed by atoms with Gasteiger partial charge in [-0.1, -0.05) is 80.8 Å².